The summed E-state index contributed by atoms with van der Waals surface area (Å²) in [6, 6.07) is 9.44. The number of para-hydroxylation sites is 1. The van der Waals surface area contributed by atoms with E-state index in [0.717, 1.165) is 45.7 Å². The molecular formula is C14H20N2O. The van der Waals surface area contributed by atoms with Crippen LogP contribution in [0.4, 0.5) is 5.69 Å². The molecule has 2 heterocycles. The van der Waals surface area contributed by atoms with Gasteiger partial charge in [-0.2, -0.15) is 0 Å². The number of nitrogens with zero attached hydrogens (tertiary/aromatic N) is 1. The summed E-state index contributed by atoms with van der Waals surface area (Å²) in [4.78, 5) is 2.58. The van der Waals surface area contributed by atoms with Gasteiger partial charge in [-0.15, -0.1) is 0 Å². The van der Waals surface area contributed by atoms with E-state index in [1.54, 1.807) is 0 Å². The lowest BCUT2D eigenvalue weighted by atomic mass is 10.0. The van der Waals surface area contributed by atoms with Crippen LogP contribution in [0.3, 0.4) is 0 Å². The van der Waals surface area contributed by atoms with Gasteiger partial charge in [0.05, 0.1) is 0 Å². The van der Waals surface area contributed by atoms with Gasteiger partial charge in [0.25, 0.3) is 0 Å². The van der Waals surface area contributed by atoms with Crippen molar-refractivity contribution in [2.24, 2.45) is 0 Å². The van der Waals surface area contributed by atoms with Crippen molar-refractivity contribution in [1.82, 2.24) is 5.32 Å². The predicted octanol–water partition coefficient (Wildman–Crippen LogP) is 1.78. The molecule has 3 nitrogen and oxygen atoms in total. The summed E-state index contributed by atoms with van der Waals surface area (Å²) >= 11 is 0. The van der Waals surface area contributed by atoms with Crippen molar-refractivity contribution in [2.45, 2.75) is 25.4 Å². The monoisotopic (exact) mass is 232 g/mol. The van der Waals surface area contributed by atoms with Gasteiger partial charge in [0.2, 0.25) is 0 Å². The maximum atomic E-state index is 5.47. The smallest absolute Gasteiger partial charge is 0.0485 e. The molecule has 2 aliphatic heterocycles. The zero-order valence-electron chi connectivity index (χ0n) is 10.2. The summed E-state index contributed by atoms with van der Waals surface area (Å²) in [6.45, 7) is 5.01. The second-order valence-electron chi connectivity index (χ2n) is 4.84. The second kappa shape index (κ2) is 5.07. The second-order valence-corrected chi connectivity index (χ2v) is 4.84. The standard InChI is InChI=1S/C14H20N2O/c1-2-4-14-12(3-1)11-15-7-8-16(14)13-5-9-17-10-6-13/h1-4,13,15H,5-11H2. The highest BCUT2D eigenvalue weighted by atomic mass is 16.5. The zero-order chi connectivity index (χ0) is 11.5. The van der Waals surface area contributed by atoms with Crippen molar-refractivity contribution in [1.29, 1.82) is 0 Å². The minimum Gasteiger partial charge on any atom is -0.381 e. The highest BCUT2D eigenvalue weighted by molar-refractivity contribution is 5.55. The van der Waals surface area contributed by atoms with Crippen molar-refractivity contribution in [3.63, 3.8) is 0 Å². The first kappa shape index (κ1) is 11.1. The molecule has 3 heteroatoms. The van der Waals surface area contributed by atoms with E-state index in [9.17, 15) is 0 Å². The fourth-order valence-electron chi connectivity index (χ4n) is 2.86. The highest BCUT2D eigenvalue weighted by Gasteiger charge is 2.24. The van der Waals surface area contributed by atoms with Crippen LogP contribution < -0.4 is 10.2 Å². The van der Waals surface area contributed by atoms with Crippen LogP contribution in [0.1, 0.15) is 18.4 Å². The van der Waals surface area contributed by atoms with Crippen LogP contribution in [0.25, 0.3) is 0 Å². The van der Waals surface area contributed by atoms with Gasteiger partial charge in [-0.05, 0) is 24.5 Å². The third-order valence-electron chi connectivity index (χ3n) is 3.78. The summed E-state index contributed by atoms with van der Waals surface area (Å²) in [5.74, 6) is 0. The van der Waals surface area contributed by atoms with Gasteiger partial charge in [-0.3, -0.25) is 0 Å². The molecule has 0 unspecified atom stereocenters. The molecule has 3 rings (SSSR count). The SMILES string of the molecule is c1ccc2c(c1)CNCCN2C1CCOCC1. The van der Waals surface area contributed by atoms with Gasteiger partial charge >= 0.3 is 0 Å². The molecule has 1 fully saturated rings. The van der Waals surface area contributed by atoms with E-state index in [4.69, 9.17) is 4.74 Å². The largest absolute Gasteiger partial charge is 0.381 e. The Morgan fingerprint density at radius 1 is 1.18 bits per heavy atom. The average Bonchev–Trinajstić information content (AvgIpc) is 2.62. The van der Waals surface area contributed by atoms with E-state index in [1.165, 1.54) is 11.3 Å². The average molecular weight is 232 g/mol. The van der Waals surface area contributed by atoms with Crippen LogP contribution in [-0.2, 0) is 11.3 Å². The van der Waals surface area contributed by atoms with Crippen molar-refractivity contribution >= 4 is 5.69 Å². The number of rotatable bonds is 1. The molecule has 0 spiro atoms. The van der Waals surface area contributed by atoms with Crippen LogP contribution in [0.2, 0.25) is 0 Å². The quantitative estimate of drug-likeness (QED) is 0.798. The van der Waals surface area contributed by atoms with Crippen LogP contribution in [0, 0.1) is 0 Å². The van der Waals surface area contributed by atoms with E-state index in [2.05, 4.69) is 34.5 Å². The molecule has 0 saturated carbocycles. The van der Waals surface area contributed by atoms with Crippen molar-refractivity contribution in [3.05, 3.63) is 29.8 Å². The normalized spacial score (nSPS) is 22.0. The maximum Gasteiger partial charge on any atom is 0.0485 e. The topological polar surface area (TPSA) is 24.5 Å². The van der Waals surface area contributed by atoms with Crippen LogP contribution in [0.5, 0.6) is 0 Å². The lowest BCUT2D eigenvalue weighted by Gasteiger charge is -2.36. The van der Waals surface area contributed by atoms with E-state index in [1.807, 2.05) is 0 Å². The minimum atomic E-state index is 0.657. The van der Waals surface area contributed by atoms with Crippen molar-refractivity contribution < 1.29 is 4.74 Å². The highest BCUT2D eigenvalue weighted by Crippen LogP contribution is 2.27. The Kier molecular flexibility index (Phi) is 3.29. The molecule has 1 aromatic carbocycles. The molecule has 1 N–H and O–H groups in total. The fourth-order valence-corrected chi connectivity index (χ4v) is 2.86. The molecule has 0 aliphatic carbocycles. The Morgan fingerprint density at radius 3 is 2.88 bits per heavy atom. The number of nitrogens with one attached hydrogen (secondary N) is 1. The van der Waals surface area contributed by atoms with Crippen LogP contribution in [-0.4, -0.2) is 32.3 Å². The molecule has 92 valence electrons. The summed E-state index contributed by atoms with van der Waals surface area (Å²) in [5, 5.41) is 3.50. The van der Waals surface area contributed by atoms with E-state index in [0.29, 0.717) is 6.04 Å². The number of hydrogen-bond acceptors (Lipinski definition) is 3. The van der Waals surface area contributed by atoms with Gasteiger partial charge in [-0.1, -0.05) is 18.2 Å². The van der Waals surface area contributed by atoms with Crippen LogP contribution in [0.15, 0.2) is 24.3 Å². The maximum absolute atomic E-state index is 5.47. The Balaban J connectivity index is 1.88. The Morgan fingerprint density at radius 2 is 2.00 bits per heavy atom. The first-order valence-electron chi connectivity index (χ1n) is 6.58. The van der Waals surface area contributed by atoms with Crippen molar-refractivity contribution in [3.8, 4) is 0 Å². The number of hydrogen-bond donors (Lipinski definition) is 1. The fraction of sp³-hybridized carbons (Fsp3) is 0.571. The lowest BCUT2D eigenvalue weighted by molar-refractivity contribution is 0.0845. The van der Waals surface area contributed by atoms with Gasteiger partial charge in [0, 0.05) is 44.6 Å². The van der Waals surface area contributed by atoms with E-state index in [-0.39, 0.29) is 0 Å². The molecule has 0 aromatic heterocycles. The minimum absolute atomic E-state index is 0.657. The molecule has 17 heavy (non-hydrogen) atoms. The summed E-state index contributed by atoms with van der Waals surface area (Å²) in [5.41, 5.74) is 2.85. The Hall–Kier alpha value is -1.06. The predicted molar refractivity (Wildman–Crippen MR) is 69.3 cm³/mol. The number of benzene rings is 1. The molecule has 0 radical (unpaired) electrons. The molecule has 1 aromatic rings. The first-order chi connectivity index (χ1) is 8.45. The molecular weight excluding hydrogens is 212 g/mol. The number of fused-ring (bicyclic) bond motifs is 1. The van der Waals surface area contributed by atoms with E-state index >= 15 is 0 Å². The van der Waals surface area contributed by atoms with Gasteiger partial charge in [0.15, 0.2) is 0 Å². The number of anilines is 1. The lowest BCUT2D eigenvalue weighted by Crippen LogP contribution is -2.41. The zero-order valence-corrected chi connectivity index (χ0v) is 10.2. The molecule has 0 amide bonds. The number of ether oxygens (including phenoxy) is 1. The summed E-state index contributed by atoms with van der Waals surface area (Å²) in [6.07, 6.45) is 2.32. The summed E-state index contributed by atoms with van der Waals surface area (Å²) < 4.78 is 5.47. The van der Waals surface area contributed by atoms with Gasteiger partial charge in [0.1, 0.15) is 0 Å². The van der Waals surface area contributed by atoms with Gasteiger partial charge < -0.3 is 15.0 Å². The molecule has 0 bridgehead atoms. The third-order valence-corrected chi connectivity index (χ3v) is 3.78. The summed E-state index contributed by atoms with van der Waals surface area (Å²) in [7, 11) is 0. The first-order valence-corrected chi connectivity index (χ1v) is 6.58. The molecule has 1 saturated heterocycles. The van der Waals surface area contributed by atoms with Crippen molar-refractivity contribution in [2.75, 3.05) is 31.2 Å². The van der Waals surface area contributed by atoms with Crippen LogP contribution >= 0.6 is 0 Å². The molecule has 0 atom stereocenters. The Labute approximate surface area is 103 Å². The Bertz CT molecular complexity index is 374. The van der Waals surface area contributed by atoms with E-state index < -0.39 is 0 Å². The van der Waals surface area contributed by atoms with Gasteiger partial charge in [-0.25, -0.2) is 0 Å². The third kappa shape index (κ3) is 2.31. The molecule has 2 aliphatic rings.